The molecule has 1 amide bonds. The van der Waals surface area contributed by atoms with Crippen LogP contribution in [0.5, 0.6) is 0 Å². The van der Waals surface area contributed by atoms with Gasteiger partial charge in [-0.1, -0.05) is 12.2 Å². The summed E-state index contributed by atoms with van der Waals surface area (Å²) in [7, 11) is 0. The first kappa shape index (κ1) is 12.1. The molecule has 0 saturated carbocycles. The van der Waals surface area contributed by atoms with Gasteiger partial charge in [0.15, 0.2) is 0 Å². The number of hydrogen-bond donors (Lipinski definition) is 1. The summed E-state index contributed by atoms with van der Waals surface area (Å²) < 4.78 is 5.34. The third-order valence-corrected chi connectivity index (χ3v) is 3.21. The fourth-order valence-corrected chi connectivity index (χ4v) is 2.31. The van der Waals surface area contributed by atoms with E-state index >= 15 is 0 Å². The number of morpholine rings is 1. The van der Waals surface area contributed by atoms with Crippen molar-refractivity contribution in [3.63, 3.8) is 0 Å². The molecule has 1 aliphatic carbocycles. The highest BCUT2D eigenvalue weighted by Gasteiger charge is 2.30. The summed E-state index contributed by atoms with van der Waals surface area (Å²) in [4.78, 5) is 24.5. The van der Waals surface area contributed by atoms with Crippen LogP contribution < -0.4 is 0 Å². The Morgan fingerprint density at radius 1 is 1.35 bits per heavy atom. The van der Waals surface area contributed by atoms with Crippen molar-refractivity contribution in [2.45, 2.75) is 25.4 Å². The Balaban J connectivity index is 1.87. The van der Waals surface area contributed by atoms with Crippen LogP contribution in [-0.4, -0.2) is 47.7 Å². The van der Waals surface area contributed by atoms with Crippen LogP contribution in [0.25, 0.3) is 0 Å². The number of nitrogens with zero attached hydrogens (tertiary/aromatic N) is 1. The molecule has 5 heteroatoms. The number of carboxylic acids is 1. The lowest BCUT2D eigenvalue weighted by atomic mass is 10.0. The Kier molecular flexibility index (Phi) is 3.78. The van der Waals surface area contributed by atoms with E-state index in [0.717, 1.165) is 12.8 Å². The van der Waals surface area contributed by atoms with Gasteiger partial charge in [-0.2, -0.15) is 0 Å². The molecule has 2 rings (SSSR count). The minimum Gasteiger partial charge on any atom is -0.481 e. The van der Waals surface area contributed by atoms with Gasteiger partial charge in [-0.15, -0.1) is 0 Å². The van der Waals surface area contributed by atoms with Gasteiger partial charge in [0.25, 0.3) is 0 Å². The summed E-state index contributed by atoms with van der Waals surface area (Å²) in [6.45, 7) is 1.41. The average Bonchev–Trinajstić information content (AvgIpc) is 2.81. The molecule has 1 aliphatic heterocycles. The minimum absolute atomic E-state index is 0.0350. The van der Waals surface area contributed by atoms with E-state index in [1.807, 2.05) is 12.2 Å². The lowest BCUT2D eigenvalue weighted by molar-refractivity contribution is -0.149. The van der Waals surface area contributed by atoms with Crippen molar-refractivity contribution in [1.29, 1.82) is 0 Å². The molecule has 1 N–H and O–H groups in total. The summed E-state index contributed by atoms with van der Waals surface area (Å²) >= 11 is 0. The minimum atomic E-state index is -0.883. The van der Waals surface area contributed by atoms with E-state index in [1.165, 1.54) is 0 Å². The van der Waals surface area contributed by atoms with Crippen LogP contribution in [0.3, 0.4) is 0 Å². The van der Waals surface area contributed by atoms with E-state index in [9.17, 15) is 9.59 Å². The van der Waals surface area contributed by atoms with Gasteiger partial charge >= 0.3 is 5.97 Å². The van der Waals surface area contributed by atoms with Crippen LogP contribution in [0.1, 0.15) is 19.3 Å². The zero-order valence-electron chi connectivity index (χ0n) is 9.67. The van der Waals surface area contributed by atoms with E-state index in [1.54, 1.807) is 4.90 Å². The van der Waals surface area contributed by atoms with Crippen LogP contribution in [-0.2, 0) is 14.3 Å². The van der Waals surface area contributed by atoms with Crippen molar-refractivity contribution in [2.24, 2.45) is 5.92 Å². The number of carboxylic acid groups (broad SMARTS) is 1. The Bertz CT molecular complexity index is 331. The SMILES string of the molecule is O=C(O)CC1CN(C(=O)C2CC=CC2)CCO1. The van der Waals surface area contributed by atoms with E-state index in [2.05, 4.69) is 0 Å². The number of rotatable bonds is 3. The summed E-state index contributed by atoms with van der Waals surface area (Å²) in [6.07, 6.45) is 5.27. The molecule has 1 saturated heterocycles. The van der Waals surface area contributed by atoms with Crippen molar-refractivity contribution in [1.82, 2.24) is 4.90 Å². The van der Waals surface area contributed by atoms with Crippen molar-refractivity contribution in [2.75, 3.05) is 19.7 Å². The van der Waals surface area contributed by atoms with E-state index < -0.39 is 5.97 Å². The molecule has 0 spiro atoms. The summed E-state index contributed by atoms with van der Waals surface area (Å²) in [5.41, 5.74) is 0. The van der Waals surface area contributed by atoms with Crippen LogP contribution in [0, 0.1) is 5.92 Å². The van der Waals surface area contributed by atoms with E-state index in [-0.39, 0.29) is 24.3 Å². The maximum absolute atomic E-state index is 12.1. The van der Waals surface area contributed by atoms with Gasteiger partial charge in [0.05, 0.1) is 19.1 Å². The zero-order valence-corrected chi connectivity index (χ0v) is 9.67. The van der Waals surface area contributed by atoms with Gasteiger partial charge in [0.2, 0.25) is 5.91 Å². The third-order valence-electron chi connectivity index (χ3n) is 3.21. The van der Waals surface area contributed by atoms with Gasteiger partial charge in [0, 0.05) is 19.0 Å². The van der Waals surface area contributed by atoms with Crippen molar-refractivity contribution >= 4 is 11.9 Å². The topological polar surface area (TPSA) is 66.8 Å². The van der Waals surface area contributed by atoms with Gasteiger partial charge in [-0.25, -0.2) is 0 Å². The summed E-state index contributed by atoms with van der Waals surface area (Å²) in [6, 6.07) is 0. The molecular weight excluding hydrogens is 222 g/mol. The van der Waals surface area contributed by atoms with Gasteiger partial charge < -0.3 is 14.7 Å². The smallest absolute Gasteiger partial charge is 0.306 e. The molecule has 0 radical (unpaired) electrons. The maximum atomic E-state index is 12.1. The van der Waals surface area contributed by atoms with Crippen molar-refractivity contribution < 1.29 is 19.4 Å². The fourth-order valence-electron chi connectivity index (χ4n) is 2.31. The fraction of sp³-hybridized carbons (Fsp3) is 0.667. The molecule has 2 aliphatic rings. The normalized spacial score (nSPS) is 25.2. The first-order chi connectivity index (χ1) is 8.16. The monoisotopic (exact) mass is 239 g/mol. The quantitative estimate of drug-likeness (QED) is 0.734. The molecule has 94 valence electrons. The molecule has 1 fully saturated rings. The molecule has 0 aromatic rings. The standard InChI is InChI=1S/C12H17NO4/c14-11(15)7-10-8-13(5-6-17-10)12(16)9-3-1-2-4-9/h1-2,9-10H,3-8H2,(H,14,15). The number of aliphatic carboxylic acids is 1. The largest absolute Gasteiger partial charge is 0.481 e. The molecule has 1 unspecified atom stereocenters. The second-order valence-electron chi connectivity index (χ2n) is 4.51. The van der Waals surface area contributed by atoms with E-state index in [4.69, 9.17) is 9.84 Å². The van der Waals surface area contributed by atoms with Crippen LogP contribution in [0.2, 0.25) is 0 Å². The number of carbonyl (C=O) groups excluding carboxylic acids is 1. The lowest BCUT2D eigenvalue weighted by Crippen LogP contribution is -2.48. The number of hydrogen-bond acceptors (Lipinski definition) is 3. The number of allylic oxidation sites excluding steroid dienone is 2. The molecule has 0 aromatic carbocycles. The predicted octanol–water partition coefficient (Wildman–Crippen LogP) is 0.655. The average molecular weight is 239 g/mol. The molecule has 17 heavy (non-hydrogen) atoms. The third kappa shape index (κ3) is 3.06. The van der Waals surface area contributed by atoms with Gasteiger partial charge in [-0.3, -0.25) is 9.59 Å². The zero-order chi connectivity index (χ0) is 12.3. The van der Waals surface area contributed by atoms with Crippen LogP contribution >= 0.6 is 0 Å². The van der Waals surface area contributed by atoms with Crippen molar-refractivity contribution in [3.8, 4) is 0 Å². The number of amides is 1. The highest BCUT2D eigenvalue weighted by atomic mass is 16.5. The Morgan fingerprint density at radius 2 is 2.06 bits per heavy atom. The first-order valence-electron chi connectivity index (χ1n) is 5.94. The Labute approximate surface area is 100 Å². The van der Waals surface area contributed by atoms with Crippen molar-refractivity contribution in [3.05, 3.63) is 12.2 Å². The molecule has 0 aromatic heterocycles. The second-order valence-corrected chi connectivity index (χ2v) is 4.51. The first-order valence-corrected chi connectivity index (χ1v) is 5.94. The molecule has 0 bridgehead atoms. The second kappa shape index (κ2) is 5.31. The summed E-state index contributed by atoms with van der Waals surface area (Å²) in [5.74, 6) is -0.695. The lowest BCUT2D eigenvalue weighted by Gasteiger charge is -2.33. The van der Waals surface area contributed by atoms with Gasteiger partial charge in [0.1, 0.15) is 0 Å². The number of ether oxygens (including phenoxy) is 1. The molecule has 1 heterocycles. The maximum Gasteiger partial charge on any atom is 0.306 e. The molecule has 5 nitrogen and oxygen atoms in total. The highest BCUT2D eigenvalue weighted by Crippen LogP contribution is 2.22. The number of carbonyl (C=O) groups is 2. The molecular formula is C12H17NO4. The van der Waals surface area contributed by atoms with E-state index in [0.29, 0.717) is 19.7 Å². The summed E-state index contributed by atoms with van der Waals surface area (Å²) in [5, 5.41) is 8.71. The predicted molar refractivity (Wildman–Crippen MR) is 60.4 cm³/mol. The van der Waals surface area contributed by atoms with Crippen LogP contribution in [0.15, 0.2) is 12.2 Å². The Hall–Kier alpha value is -1.36. The highest BCUT2D eigenvalue weighted by molar-refractivity contribution is 5.80. The van der Waals surface area contributed by atoms with Gasteiger partial charge in [-0.05, 0) is 12.8 Å². The molecule has 1 atom stereocenters. The Morgan fingerprint density at radius 3 is 2.71 bits per heavy atom. The van der Waals surface area contributed by atoms with Crippen LogP contribution in [0.4, 0.5) is 0 Å².